The van der Waals surface area contributed by atoms with Gasteiger partial charge >= 0.3 is 0 Å². The SMILES string of the molecule is CC(C)N=C1Nc2cc(F)sc2S(=O)(=O)N1.Cc1sc2c(c1C)NC(=NC1CCC1)NS2(=O)=O. The maximum Gasteiger partial charge on any atom is 0.275 e. The molecule has 0 atom stereocenters. The summed E-state index contributed by atoms with van der Waals surface area (Å²) in [5, 5.41) is 5.30. The number of aliphatic imine (C=N–C) groups is 2. The van der Waals surface area contributed by atoms with Gasteiger partial charge in [0.2, 0.25) is 11.9 Å². The van der Waals surface area contributed by atoms with Crippen LogP contribution in [0.5, 0.6) is 0 Å². The Bertz CT molecular complexity index is 1390. The van der Waals surface area contributed by atoms with Crippen LogP contribution in [-0.4, -0.2) is 40.8 Å². The van der Waals surface area contributed by atoms with Gasteiger partial charge in [-0.1, -0.05) is 11.3 Å². The lowest BCUT2D eigenvalue weighted by atomic mass is 9.94. The van der Waals surface area contributed by atoms with E-state index in [4.69, 9.17) is 0 Å². The zero-order valence-corrected chi connectivity index (χ0v) is 22.2. The molecule has 1 fully saturated rings. The van der Waals surface area contributed by atoms with E-state index < -0.39 is 25.2 Å². The molecule has 0 bridgehead atoms. The van der Waals surface area contributed by atoms with E-state index in [1.165, 1.54) is 17.8 Å². The van der Waals surface area contributed by atoms with Crippen LogP contribution in [0.25, 0.3) is 0 Å². The first kappa shape index (κ1) is 24.9. The number of aryl methyl sites for hydroxylation is 1. The molecule has 34 heavy (non-hydrogen) atoms. The topological polar surface area (TPSA) is 141 Å². The Hall–Kier alpha value is -2.23. The van der Waals surface area contributed by atoms with Crippen LogP contribution in [0.15, 0.2) is 24.5 Å². The molecule has 0 amide bonds. The number of rotatable bonds is 2. The third-order valence-electron chi connectivity index (χ3n) is 5.24. The second-order valence-corrected chi connectivity index (χ2v) is 14.3. The maximum atomic E-state index is 13.0. The summed E-state index contributed by atoms with van der Waals surface area (Å²) in [6.07, 6.45) is 3.26. The maximum absolute atomic E-state index is 13.0. The molecule has 4 N–H and O–H groups in total. The molecule has 15 heteroatoms. The molecule has 1 aliphatic carbocycles. The standard InChI is InChI=1S/C11H15N3O2S2.C8H10FN3O2S2/c1-6-7(2)17-10-9(6)13-11(14-18(10,15)16)12-8-4-3-5-8;1-4(2)10-8-11-5-3-6(9)15-7(5)16(13,14)12-8/h8H,3-5H2,1-2H3,(H2,12,13,14);3-4H,1-2H3,(H2,10,11,12). The van der Waals surface area contributed by atoms with Gasteiger partial charge in [-0.05, 0) is 52.5 Å². The molecule has 4 heterocycles. The minimum absolute atomic E-state index is 0.0484. The Balaban J connectivity index is 0.000000162. The third-order valence-corrected chi connectivity index (χ3v) is 11.1. The predicted octanol–water partition coefficient (Wildman–Crippen LogP) is 3.33. The molecule has 2 aliphatic heterocycles. The summed E-state index contributed by atoms with van der Waals surface area (Å²) in [5.74, 6) is 0.494. The summed E-state index contributed by atoms with van der Waals surface area (Å²) in [4.78, 5) is 9.46. The molecular formula is C19H25FN6O4S4. The van der Waals surface area contributed by atoms with E-state index >= 15 is 0 Å². The van der Waals surface area contributed by atoms with Gasteiger partial charge in [-0.15, -0.1) is 11.3 Å². The van der Waals surface area contributed by atoms with Crippen LogP contribution in [0, 0.1) is 19.0 Å². The van der Waals surface area contributed by atoms with E-state index in [0.29, 0.717) is 27.2 Å². The highest BCUT2D eigenvalue weighted by molar-refractivity contribution is 7.92. The smallest absolute Gasteiger partial charge is 0.275 e. The number of fused-ring (bicyclic) bond motifs is 2. The Morgan fingerprint density at radius 1 is 1.00 bits per heavy atom. The average molecular weight is 549 g/mol. The molecule has 0 aromatic carbocycles. The van der Waals surface area contributed by atoms with E-state index in [2.05, 4.69) is 30.1 Å². The first-order valence-electron chi connectivity index (χ1n) is 10.5. The van der Waals surface area contributed by atoms with E-state index in [0.717, 1.165) is 29.3 Å². The molecule has 0 saturated heterocycles. The molecule has 186 valence electrons. The summed E-state index contributed by atoms with van der Waals surface area (Å²) in [5.41, 5.74) is 1.91. The summed E-state index contributed by atoms with van der Waals surface area (Å²) in [6.45, 7) is 7.48. The largest absolute Gasteiger partial charge is 0.324 e. The highest BCUT2D eigenvalue weighted by Gasteiger charge is 2.32. The number of hydrogen-bond acceptors (Lipinski definition) is 8. The van der Waals surface area contributed by atoms with Gasteiger partial charge in [0.25, 0.3) is 20.0 Å². The minimum atomic E-state index is -3.68. The van der Waals surface area contributed by atoms with Gasteiger partial charge in [0, 0.05) is 17.0 Å². The van der Waals surface area contributed by atoms with Gasteiger partial charge in [0.05, 0.1) is 17.4 Å². The number of nitrogens with one attached hydrogen (secondary N) is 4. The summed E-state index contributed by atoms with van der Waals surface area (Å²) in [7, 11) is -7.13. The molecule has 3 aliphatic rings. The second-order valence-electron chi connectivity index (χ2n) is 8.29. The molecule has 0 unspecified atom stereocenters. The Kier molecular flexibility index (Phi) is 6.65. The Morgan fingerprint density at radius 2 is 1.65 bits per heavy atom. The predicted molar refractivity (Wildman–Crippen MR) is 134 cm³/mol. The lowest BCUT2D eigenvalue weighted by Gasteiger charge is -2.25. The first-order valence-corrected chi connectivity index (χ1v) is 15.1. The van der Waals surface area contributed by atoms with Crippen molar-refractivity contribution in [2.45, 2.75) is 67.5 Å². The number of nitrogens with zero attached hydrogens (tertiary/aromatic N) is 2. The fraction of sp³-hybridized carbons (Fsp3) is 0.474. The Labute approximate surface area is 205 Å². The number of anilines is 2. The number of halogens is 1. The van der Waals surface area contributed by atoms with Gasteiger partial charge in [-0.25, -0.2) is 36.3 Å². The molecule has 2 aromatic heterocycles. The van der Waals surface area contributed by atoms with Crippen LogP contribution < -0.4 is 20.1 Å². The number of guanidine groups is 2. The first-order chi connectivity index (χ1) is 15.9. The van der Waals surface area contributed by atoms with Crippen molar-refractivity contribution in [2.75, 3.05) is 10.6 Å². The van der Waals surface area contributed by atoms with Crippen LogP contribution in [0.2, 0.25) is 0 Å². The summed E-state index contributed by atoms with van der Waals surface area (Å²) in [6, 6.07) is 1.35. The minimum Gasteiger partial charge on any atom is -0.324 e. The summed E-state index contributed by atoms with van der Waals surface area (Å²) < 4.78 is 65.7. The van der Waals surface area contributed by atoms with Crippen molar-refractivity contribution in [1.82, 2.24) is 9.44 Å². The van der Waals surface area contributed by atoms with Gasteiger partial charge in [0.1, 0.15) is 0 Å². The van der Waals surface area contributed by atoms with E-state index in [1.807, 2.05) is 27.7 Å². The number of sulfonamides is 2. The number of hydrogen-bond donors (Lipinski definition) is 4. The quantitative estimate of drug-likeness (QED) is 0.454. The molecule has 0 spiro atoms. The highest BCUT2D eigenvalue weighted by atomic mass is 32.3. The van der Waals surface area contributed by atoms with Gasteiger partial charge < -0.3 is 10.6 Å². The highest BCUT2D eigenvalue weighted by Crippen LogP contribution is 2.38. The van der Waals surface area contributed by atoms with Crippen molar-refractivity contribution in [3.05, 3.63) is 21.6 Å². The molecule has 10 nitrogen and oxygen atoms in total. The van der Waals surface area contributed by atoms with E-state index in [9.17, 15) is 21.2 Å². The van der Waals surface area contributed by atoms with Crippen molar-refractivity contribution < 1.29 is 21.2 Å². The monoisotopic (exact) mass is 548 g/mol. The normalized spacial score (nSPS) is 22.3. The summed E-state index contributed by atoms with van der Waals surface area (Å²) >= 11 is 1.88. The van der Waals surface area contributed by atoms with Crippen LogP contribution in [0.3, 0.4) is 0 Å². The third kappa shape index (κ3) is 5.06. The zero-order chi connectivity index (χ0) is 24.8. The molecule has 5 rings (SSSR count). The van der Waals surface area contributed by atoms with Crippen molar-refractivity contribution >= 4 is 66.0 Å². The van der Waals surface area contributed by atoms with Crippen LogP contribution in [-0.2, 0) is 20.0 Å². The molecule has 1 saturated carbocycles. The van der Waals surface area contributed by atoms with Crippen molar-refractivity contribution in [2.24, 2.45) is 9.98 Å². The van der Waals surface area contributed by atoms with Crippen molar-refractivity contribution in [1.29, 1.82) is 0 Å². The zero-order valence-electron chi connectivity index (χ0n) is 18.9. The van der Waals surface area contributed by atoms with Crippen molar-refractivity contribution in [3.8, 4) is 0 Å². The van der Waals surface area contributed by atoms with E-state index in [-0.39, 0.29) is 27.9 Å². The van der Waals surface area contributed by atoms with Gasteiger partial charge in [-0.2, -0.15) is 4.39 Å². The van der Waals surface area contributed by atoms with Gasteiger partial charge in [0.15, 0.2) is 13.5 Å². The molecular weight excluding hydrogens is 524 g/mol. The second kappa shape index (κ2) is 9.09. The van der Waals surface area contributed by atoms with Crippen LogP contribution >= 0.6 is 22.7 Å². The van der Waals surface area contributed by atoms with Crippen LogP contribution in [0.1, 0.15) is 43.6 Å². The lowest BCUT2D eigenvalue weighted by molar-refractivity contribution is 0.419. The van der Waals surface area contributed by atoms with Crippen molar-refractivity contribution in [3.63, 3.8) is 0 Å². The Morgan fingerprint density at radius 3 is 2.26 bits per heavy atom. The van der Waals surface area contributed by atoms with Crippen LogP contribution in [0.4, 0.5) is 15.8 Å². The fourth-order valence-corrected chi connectivity index (χ4v) is 8.21. The number of thiophene rings is 2. The average Bonchev–Trinajstić information content (AvgIpc) is 3.19. The lowest BCUT2D eigenvalue weighted by Crippen LogP contribution is -2.41. The fourth-order valence-electron chi connectivity index (χ4n) is 3.28. The molecule has 0 radical (unpaired) electrons. The van der Waals surface area contributed by atoms with Gasteiger partial charge in [-0.3, -0.25) is 0 Å². The van der Waals surface area contributed by atoms with E-state index in [1.54, 1.807) is 0 Å². The molecule has 2 aromatic rings.